The molecule has 146 valence electrons. The van der Waals surface area contributed by atoms with Gasteiger partial charge >= 0.3 is 0 Å². The van der Waals surface area contributed by atoms with Gasteiger partial charge in [0, 0.05) is 18.9 Å². The molecule has 1 aliphatic rings. The van der Waals surface area contributed by atoms with Crippen molar-refractivity contribution >= 4 is 34.9 Å². The van der Waals surface area contributed by atoms with Crippen molar-refractivity contribution in [2.75, 3.05) is 0 Å². The highest BCUT2D eigenvalue weighted by atomic mass is 35.5. The number of benzene rings is 1. The summed E-state index contributed by atoms with van der Waals surface area (Å²) in [6.45, 7) is 0.135. The number of carbonyl (C=O) groups is 2. The normalized spacial score (nSPS) is 16.6. The molecule has 0 saturated heterocycles. The number of nitrogens with zero attached hydrogens (tertiary/aromatic N) is 2. The van der Waals surface area contributed by atoms with Crippen LogP contribution in [0.25, 0.3) is 0 Å². The van der Waals surface area contributed by atoms with Gasteiger partial charge in [-0.15, -0.1) is 0 Å². The molecule has 2 aromatic heterocycles. The first kappa shape index (κ1) is 19.2. The summed E-state index contributed by atoms with van der Waals surface area (Å²) in [5.41, 5.74) is 1.20. The van der Waals surface area contributed by atoms with E-state index in [4.69, 9.17) is 27.6 Å². The highest BCUT2D eigenvalue weighted by Gasteiger charge is 2.44. The SMILES string of the molecule is O=C(C1=C(O)C(=O)N(Cc2cccnc2)[C@@H]1c1ccc(Cl)c(Cl)c1)c1ccco1. The Labute approximate surface area is 176 Å². The molecule has 0 radical (unpaired) electrons. The van der Waals surface area contributed by atoms with Gasteiger partial charge in [0.2, 0.25) is 5.78 Å². The fourth-order valence-corrected chi connectivity index (χ4v) is 3.61. The maximum Gasteiger partial charge on any atom is 0.290 e. The van der Waals surface area contributed by atoms with Crippen LogP contribution >= 0.6 is 23.2 Å². The molecule has 29 heavy (non-hydrogen) atoms. The Hall–Kier alpha value is -3.09. The number of ketones is 1. The Bertz CT molecular complexity index is 1110. The predicted octanol–water partition coefficient (Wildman–Crippen LogP) is 4.76. The first-order chi connectivity index (χ1) is 14.0. The van der Waals surface area contributed by atoms with E-state index in [1.807, 2.05) is 0 Å². The summed E-state index contributed by atoms with van der Waals surface area (Å²) >= 11 is 12.2. The molecule has 1 amide bonds. The lowest BCUT2D eigenvalue weighted by Crippen LogP contribution is -2.30. The minimum absolute atomic E-state index is 0.0210. The summed E-state index contributed by atoms with van der Waals surface area (Å²) in [5.74, 6) is -1.84. The molecule has 1 atom stereocenters. The molecule has 1 N–H and O–H groups in total. The van der Waals surface area contributed by atoms with Gasteiger partial charge in [0.15, 0.2) is 11.5 Å². The molecule has 1 aromatic carbocycles. The zero-order chi connectivity index (χ0) is 20.5. The van der Waals surface area contributed by atoms with Crippen molar-refractivity contribution in [1.29, 1.82) is 0 Å². The number of carbonyl (C=O) groups excluding carboxylic acids is 2. The van der Waals surface area contributed by atoms with Crippen LogP contribution in [0.1, 0.15) is 27.7 Å². The van der Waals surface area contributed by atoms with Crippen molar-refractivity contribution < 1.29 is 19.1 Å². The molecule has 3 heterocycles. The molecule has 4 rings (SSSR count). The molecule has 3 aromatic rings. The van der Waals surface area contributed by atoms with E-state index in [-0.39, 0.29) is 22.9 Å². The minimum Gasteiger partial charge on any atom is -0.503 e. The van der Waals surface area contributed by atoms with Gasteiger partial charge in [-0.2, -0.15) is 0 Å². The van der Waals surface area contributed by atoms with Crippen molar-refractivity contribution in [2.24, 2.45) is 0 Å². The fourth-order valence-electron chi connectivity index (χ4n) is 3.31. The second-order valence-electron chi connectivity index (χ2n) is 6.44. The Morgan fingerprint density at radius 2 is 2.00 bits per heavy atom. The van der Waals surface area contributed by atoms with Gasteiger partial charge in [0.1, 0.15) is 0 Å². The lowest BCUT2D eigenvalue weighted by atomic mass is 9.95. The van der Waals surface area contributed by atoms with Crippen LogP contribution in [-0.2, 0) is 11.3 Å². The molecular weight excluding hydrogens is 415 g/mol. The number of pyridine rings is 1. The predicted molar refractivity (Wildman–Crippen MR) is 107 cm³/mol. The molecule has 1 aliphatic heterocycles. The zero-order valence-electron chi connectivity index (χ0n) is 14.9. The summed E-state index contributed by atoms with van der Waals surface area (Å²) in [7, 11) is 0. The molecule has 0 fully saturated rings. The van der Waals surface area contributed by atoms with Crippen LogP contribution in [0.2, 0.25) is 10.0 Å². The summed E-state index contributed by atoms with van der Waals surface area (Å²) < 4.78 is 5.19. The second kappa shape index (κ2) is 7.73. The van der Waals surface area contributed by atoms with Crippen LogP contribution in [-0.4, -0.2) is 26.7 Å². The van der Waals surface area contributed by atoms with Gasteiger partial charge in [-0.1, -0.05) is 35.3 Å². The Morgan fingerprint density at radius 1 is 1.17 bits per heavy atom. The highest BCUT2D eigenvalue weighted by molar-refractivity contribution is 6.42. The van der Waals surface area contributed by atoms with Crippen LogP contribution in [0, 0.1) is 0 Å². The molecule has 0 aliphatic carbocycles. The molecule has 0 saturated carbocycles. The number of hydrogen-bond acceptors (Lipinski definition) is 5. The van der Waals surface area contributed by atoms with E-state index in [1.54, 1.807) is 48.8 Å². The van der Waals surface area contributed by atoms with Gasteiger partial charge in [-0.25, -0.2) is 0 Å². The molecule has 8 heteroatoms. The van der Waals surface area contributed by atoms with Crippen molar-refractivity contribution in [3.05, 3.63) is 99.4 Å². The Balaban J connectivity index is 1.82. The van der Waals surface area contributed by atoms with Crippen molar-refractivity contribution in [3.8, 4) is 0 Å². The van der Waals surface area contributed by atoms with Gasteiger partial charge < -0.3 is 14.4 Å². The zero-order valence-corrected chi connectivity index (χ0v) is 16.4. The number of aliphatic hydroxyl groups excluding tert-OH is 1. The van der Waals surface area contributed by atoms with Crippen LogP contribution in [0.4, 0.5) is 0 Å². The third-order valence-corrected chi connectivity index (χ3v) is 5.37. The quantitative estimate of drug-likeness (QED) is 0.592. The largest absolute Gasteiger partial charge is 0.503 e. The molecule has 0 bridgehead atoms. The molecule has 0 unspecified atom stereocenters. The lowest BCUT2D eigenvalue weighted by molar-refractivity contribution is -0.130. The topological polar surface area (TPSA) is 83.6 Å². The van der Waals surface area contributed by atoms with E-state index in [1.165, 1.54) is 17.2 Å². The third kappa shape index (κ3) is 3.52. The maximum absolute atomic E-state index is 13.0. The van der Waals surface area contributed by atoms with E-state index in [0.29, 0.717) is 10.6 Å². The number of halogens is 2. The summed E-state index contributed by atoms with van der Waals surface area (Å²) in [6.07, 6.45) is 4.58. The number of rotatable bonds is 5. The van der Waals surface area contributed by atoms with Crippen molar-refractivity contribution in [3.63, 3.8) is 0 Å². The van der Waals surface area contributed by atoms with Gasteiger partial charge in [0.05, 0.1) is 27.9 Å². The number of Topliss-reactive ketones (excluding diaryl/α,β-unsaturated/α-hetero) is 1. The highest BCUT2D eigenvalue weighted by Crippen LogP contribution is 2.41. The summed E-state index contributed by atoms with van der Waals surface area (Å²) in [5, 5.41) is 11.2. The monoisotopic (exact) mass is 428 g/mol. The molecule has 0 spiro atoms. The number of amides is 1. The van der Waals surface area contributed by atoms with Gasteiger partial charge in [0.25, 0.3) is 5.91 Å². The number of furan rings is 1. The second-order valence-corrected chi connectivity index (χ2v) is 7.25. The van der Waals surface area contributed by atoms with Crippen LogP contribution in [0.3, 0.4) is 0 Å². The smallest absolute Gasteiger partial charge is 0.290 e. The summed E-state index contributed by atoms with van der Waals surface area (Å²) in [4.78, 5) is 31.4. The third-order valence-electron chi connectivity index (χ3n) is 4.63. The van der Waals surface area contributed by atoms with E-state index in [0.717, 1.165) is 5.56 Å². The van der Waals surface area contributed by atoms with Crippen molar-refractivity contribution in [1.82, 2.24) is 9.88 Å². The van der Waals surface area contributed by atoms with Gasteiger partial charge in [-0.05, 0) is 41.5 Å². The fraction of sp³-hybridized carbons (Fsp3) is 0.0952. The molecular formula is C21H14Cl2N2O4. The summed E-state index contributed by atoms with van der Waals surface area (Å²) in [6, 6.07) is 10.5. The Morgan fingerprint density at radius 3 is 2.66 bits per heavy atom. The minimum atomic E-state index is -0.866. The lowest BCUT2D eigenvalue weighted by Gasteiger charge is -2.27. The number of aliphatic hydroxyl groups is 1. The van der Waals surface area contributed by atoms with E-state index in [2.05, 4.69) is 4.98 Å². The number of hydrogen-bond donors (Lipinski definition) is 1. The average molecular weight is 429 g/mol. The average Bonchev–Trinajstić information content (AvgIpc) is 3.34. The van der Waals surface area contributed by atoms with Crippen LogP contribution in [0.5, 0.6) is 0 Å². The van der Waals surface area contributed by atoms with E-state index >= 15 is 0 Å². The molecule has 6 nitrogen and oxygen atoms in total. The van der Waals surface area contributed by atoms with E-state index < -0.39 is 23.5 Å². The van der Waals surface area contributed by atoms with Gasteiger partial charge in [-0.3, -0.25) is 14.6 Å². The van der Waals surface area contributed by atoms with E-state index in [9.17, 15) is 14.7 Å². The van der Waals surface area contributed by atoms with Crippen molar-refractivity contribution in [2.45, 2.75) is 12.6 Å². The number of aromatic nitrogens is 1. The maximum atomic E-state index is 13.0. The first-order valence-corrected chi connectivity index (χ1v) is 9.39. The van der Waals surface area contributed by atoms with Crippen LogP contribution < -0.4 is 0 Å². The van der Waals surface area contributed by atoms with Crippen LogP contribution in [0.15, 0.2) is 76.9 Å². The standard InChI is InChI=1S/C21H14Cl2N2O4/c22-14-6-5-13(9-15(14)23)18-17(19(26)16-4-2-8-29-16)20(27)21(28)25(18)11-12-3-1-7-24-10-12/h1-10,18,27H,11H2/t18-/m1/s1. The first-order valence-electron chi connectivity index (χ1n) is 8.63. The Kier molecular flexibility index (Phi) is 5.13.